The Morgan fingerprint density at radius 2 is 2.16 bits per heavy atom. The van der Waals surface area contributed by atoms with Crippen LogP contribution < -0.4 is 0 Å². The minimum Gasteiger partial charge on any atom is -0.381 e. The first-order chi connectivity index (χ1) is 12.3. The maximum absolute atomic E-state index is 14.1. The summed E-state index contributed by atoms with van der Waals surface area (Å²) < 4.78 is 27.7. The third kappa shape index (κ3) is 2.67. The summed E-state index contributed by atoms with van der Waals surface area (Å²) in [6.07, 6.45) is 1.27. The van der Waals surface area contributed by atoms with Gasteiger partial charge in [0.15, 0.2) is 0 Å². The molecule has 2 saturated heterocycles. The molecule has 0 N–H and O–H groups in total. The molecular weight excluding hydrogens is 323 g/mol. The summed E-state index contributed by atoms with van der Waals surface area (Å²) in [6, 6.07) is 6.85. The molecule has 3 aliphatic rings. The van der Waals surface area contributed by atoms with Crippen LogP contribution in [-0.2, 0) is 16.1 Å². The topological polar surface area (TPSA) is 52.4 Å². The van der Waals surface area contributed by atoms with Crippen LogP contribution in [0.4, 0.5) is 4.39 Å². The number of benzene rings is 1. The van der Waals surface area contributed by atoms with Crippen molar-refractivity contribution in [2.45, 2.75) is 25.2 Å². The highest BCUT2D eigenvalue weighted by Gasteiger charge is 2.41. The summed E-state index contributed by atoms with van der Waals surface area (Å²) in [5, 5.41) is 8.62. The van der Waals surface area contributed by atoms with E-state index in [0.717, 1.165) is 45.0 Å². The molecule has 132 valence electrons. The van der Waals surface area contributed by atoms with Crippen molar-refractivity contribution in [2.75, 3.05) is 32.8 Å². The van der Waals surface area contributed by atoms with Crippen LogP contribution in [-0.4, -0.2) is 58.8 Å². The average molecular weight is 344 g/mol. The molecule has 3 aliphatic heterocycles. The second kappa shape index (κ2) is 6.16. The maximum atomic E-state index is 14.1. The minimum absolute atomic E-state index is 0.130. The van der Waals surface area contributed by atoms with E-state index < -0.39 is 0 Å². The lowest BCUT2D eigenvalue weighted by Crippen LogP contribution is -2.32. The van der Waals surface area contributed by atoms with Crippen molar-refractivity contribution < 1.29 is 13.9 Å². The van der Waals surface area contributed by atoms with Crippen molar-refractivity contribution in [3.63, 3.8) is 0 Å². The molecule has 0 aliphatic carbocycles. The van der Waals surface area contributed by atoms with Gasteiger partial charge < -0.3 is 9.47 Å². The van der Waals surface area contributed by atoms with Crippen molar-refractivity contribution in [1.82, 2.24) is 19.9 Å². The summed E-state index contributed by atoms with van der Waals surface area (Å²) in [5.74, 6) is 0.339. The molecule has 0 radical (unpaired) electrons. The predicted octanol–water partition coefficient (Wildman–Crippen LogP) is 1.88. The number of halogens is 1. The van der Waals surface area contributed by atoms with Crippen molar-refractivity contribution in [2.24, 2.45) is 5.92 Å². The number of aromatic nitrogens is 3. The molecule has 0 saturated carbocycles. The Morgan fingerprint density at radius 3 is 3.00 bits per heavy atom. The molecule has 2 fully saturated rings. The van der Waals surface area contributed by atoms with Crippen LogP contribution in [0.1, 0.15) is 18.2 Å². The van der Waals surface area contributed by atoms with Gasteiger partial charge in [-0.3, -0.25) is 4.90 Å². The highest BCUT2D eigenvalue weighted by Crippen LogP contribution is 2.35. The maximum Gasteiger partial charge on any atom is 0.132 e. The Bertz CT molecular complexity index is 774. The molecule has 1 aromatic carbocycles. The normalized spacial score (nSPS) is 28.9. The Hall–Kier alpha value is -1.83. The fourth-order valence-corrected chi connectivity index (χ4v) is 4.24. The van der Waals surface area contributed by atoms with Gasteiger partial charge >= 0.3 is 0 Å². The lowest BCUT2D eigenvalue weighted by atomic mass is 10.1. The summed E-state index contributed by atoms with van der Waals surface area (Å²) in [5.41, 5.74) is 1.96. The van der Waals surface area contributed by atoms with Gasteiger partial charge in [0.1, 0.15) is 11.5 Å². The molecule has 1 aromatic heterocycles. The smallest absolute Gasteiger partial charge is 0.132 e. The van der Waals surface area contributed by atoms with Crippen LogP contribution >= 0.6 is 0 Å². The van der Waals surface area contributed by atoms with E-state index >= 15 is 0 Å². The van der Waals surface area contributed by atoms with Gasteiger partial charge in [0.25, 0.3) is 0 Å². The zero-order valence-corrected chi connectivity index (χ0v) is 14.0. The Balaban J connectivity index is 1.39. The zero-order chi connectivity index (χ0) is 16.8. The highest BCUT2D eigenvalue weighted by molar-refractivity contribution is 5.62. The van der Waals surface area contributed by atoms with Crippen molar-refractivity contribution in [3.05, 3.63) is 35.8 Å². The summed E-state index contributed by atoms with van der Waals surface area (Å²) >= 11 is 0. The second-order valence-electron chi connectivity index (χ2n) is 7.17. The van der Waals surface area contributed by atoms with E-state index in [2.05, 4.69) is 15.2 Å². The molecule has 0 amide bonds. The van der Waals surface area contributed by atoms with Gasteiger partial charge in [0.2, 0.25) is 0 Å². The summed E-state index contributed by atoms with van der Waals surface area (Å²) in [4.78, 5) is 2.44. The van der Waals surface area contributed by atoms with E-state index in [1.807, 2.05) is 10.7 Å². The van der Waals surface area contributed by atoms with E-state index in [-0.39, 0.29) is 18.0 Å². The molecule has 0 spiro atoms. The van der Waals surface area contributed by atoms with E-state index in [4.69, 9.17) is 9.47 Å². The summed E-state index contributed by atoms with van der Waals surface area (Å²) in [7, 11) is 0. The molecular formula is C18H21FN4O2. The zero-order valence-electron chi connectivity index (χ0n) is 14.0. The third-order valence-corrected chi connectivity index (χ3v) is 5.52. The third-order valence-electron chi connectivity index (χ3n) is 5.52. The van der Waals surface area contributed by atoms with Gasteiger partial charge in [0.05, 0.1) is 31.1 Å². The Labute approximate surface area is 145 Å². The van der Waals surface area contributed by atoms with E-state index in [9.17, 15) is 4.39 Å². The van der Waals surface area contributed by atoms with E-state index in [1.165, 1.54) is 6.07 Å². The number of rotatable bonds is 3. The number of likely N-dealkylation sites (tertiary alicyclic amines) is 1. The van der Waals surface area contributed by atoms with Crippen molar-refractivity contribution in [1.29, 1.82) is 0 Å². The number of hydrogen-bond acceptors (Lipinski definition) is 5. The monoisotopic (exact) mass is 344 g/mol. The van der Waals surface area contributed by atoms with Gasteiger partial charge in [-0.25, -0.2) is 9.07 Å². The quantitative estimate of drug-likeness (QED) is 0.851. The van der Waals surface area contributed by atoms with Crippen LogP contribution in [0.15, 0.2) is 24.3 Å². The van der Waals surface area contributed by atoms with E-state index in [1.54, 1.807) is 12.1 Å². The van der Waals surface area contributed by atoms with Crippen LogP contribution in [0.25, 0.3) is 11.3 Å². The van der Waals surface area contributed by atoms with Crippen LogP contribution in [0.5, 0.6) is 0 Å². The summed E-state index contributed by atoms with van der Waals surface area (Å²) in [6.45, 7) is 5.02. The van der Waals surface area contributed by atoms with Gasteiger partial charge in [-0.05, 0) is 24.5 Å². The molecule has 5 rings (SSSR count). The molecule has 4 heterocycles. The number of ether oxygens (including phenoxy) is 2. The Morgan fingerprint density at radius 1 is 1.24 bits per heavy atom. The number of hydrogen-bond donors (Lipinski definition) is 0. The molecule has 1 unspecified atom stereocenters. The average Bonchev–Trinajstić information content (AvgIpc) is 3.33. The molecule has 3 atom stereocenters. The van der Waals surface area contributed by atoms with Gasteiger partial charge in [-0.2, -0.15) is 0 Å². The Kier molecular flexibility index (Phi) is 3.80. The standard InChI is InChI=1S/C18H21FN4O2/c19-14-4-2-1-3-13(14)18-16-11-25-17-9-22(7-12-5-6-24-10-12)8-15(17)23(16)21-20-18/h1-4,12,15,17H,5-11H2/t12-,15-,17?/m1/s1. The molecule has 25 heavy (non-hydrogen) atoms. The lowest BCUT2D eigenvalue weighted by molar-refractivity contribution is -0.00508. The fourth-order valence-electron chi connectivity index (χ4n) is 4.24. The first-order valence-corrected chi connectivity index (χ1v) is 8.90. The van der Waals surface area contributed by atoms with Gasteiger partial charge in [-0.1, -0.05) is 17.3 Å². The number of nitrogens with zero attached hydrogens (tertiary/aromatic N) is 4. The molecule has 2 aromatic rings. The first kappa shape index (κ1) is 15.4. The van der Waals surface area contributed by atoms with Crippen molar-refractivity contribution >= 4 is 0 Å². The molecule has 7 heteroatoms. The molecule has 0 bridgehead atoms. The first-order valence-electron chi connectivity index (χ1n) is 8.90. The second-order valence-corrected chi connectivity index (χ2v) is 7.17. The van der Waals surface area contributed by atoms with Crippen molar-refractivity contribution in [3.8, 4) is 11.3 Å². The fraction of sp³-hybridized carbons (Fsp3) is 0.556. The minimum atomic E-state index is -0.276. The van der Waals surface area contributed by atoms with Crippen LogP contribution in [0.2, 0.25) is 0 Å². The van der Waals surface area contributed by atoms with Crippen LogP contribution in [0, 0.1) is 11.7 Å². The lowest BCUT2D eigenvalue weighted by Gasteiger charge is -2.26. The van der Waals surface area contributed by atoms with Gasteiger partial charge in [-0.15, -0.1) is 5.10 Å². The highest BCUT2D eigenvalue weighted by atomic mass is 19.1. The van der Waals surface area contributed by atoms with E-state index in [0.29, 0.717) is 23.8 Å². The number of fused-ring (bicyclic) bond motifs is 3. The molecule has 6 nitrogen and oxygen atoms in total. The largest absolute Gasteiger partial charge is 0.381 e. The van der Waals surface area contributed by atoms with Gasteiger partial charge in [0, 0.05) is 31.8 Å². The predicted molar refractivity (Wildman–Crippen MR) is 88.4 cm³/mol. The van der Waals surface area contributed by atoms with Crippen LogP contribution in [0.3, 0.4) is 0 Å². The SMILES string of the molecule is Fc1ccccc1-c1nnn2c1COC1CN(C[C@H]3CCOC3)C[C@H]12.